The van der Waals surface area contributed by atoms with Gasteiger partial charge in [-0.3, -0.25) is 9.88 Å². The topological polar surface area (TPSA) is 82.7 Å². The molecule has 2 aromatic heterocycles. The standard InChI is InChI=1S/C25H23Cl2N7/c1-2-31-25(15-28)11-13-33(14-12-25)23-21-24(30-16-29-23)34(18-9-7-17(26)8-10-18)22(32-21)19-5-3-4-6-20(19)27/h3-10,16,31H,2,11-14H2,1H3. The number of hydrogen-bond acceptors (Lipinski definition) is 6. The molecule has 5 rings (SSSR count). The Balaban J connectivity index is 1.64. The third-order valence-corrected chi connectivity index (χ3v) is 6.85. The monoisotopic (exact) mass is 491 g/mol. The summed E-state index contributed by atoms with van der Waals surface area (Å²) >= 11 is 12.7. The van der Waals surface area contributed by atoms with Crippen molar-refractivity contribution in [1.29, 1.82) is 5.26 Å². The molecule has 0 bridgehead atoms. The molecular formula is C25H23Cl2N7. The summed E-state index contributed by atoms with van der Waals surface area (Å²) in [6.07, 6.45) is 2.98. The van der Waals surface area contributed by atoms with Gasteiger partial charge in [-0.15, -0.1) is 0 Å². The predicted octanol–water partition coefficient (Wildman–Crippen LogP) is 5.26. The highest BCUT2D eigenvalue weighted by Crippen LogP contribution is 2.36. The maximum Gasteiger partial charge on any atom is 0.170 e. The molecular weight excluding hydrogens is 469 g/mol. The fourth-order valence-corrected chi connectivity index (χ4v) is 4.88. The second-order valence-electron chi connectivity index (χ2n) is 8.31. The minimum absolute atomic E-state index is 0.497. The van der Waals surface area contributed by atoms with E-state index in [1.54, 1.807) is 6.33 Å². The molecule has 1 fully saturated rings. The van der Waals surface area contributed by atoms with Crippen molar-refractivity contribution in [1.82, 2.24) is 24.8 Å². The SMILES string of the molecule is CCNC1(C#N)CCN(c2ncnc3c2nc(-c2ccccc2Cl)n3-c2ccc(Cl)cc2)CC1. The lowest BCUT2D eigenvalue weighted by atomic mass is 9.89. The van der Waals surface area contributed by atoms with Crippen LogP contribution in [-0.2, 0) is 0 Å². The normalized spacial score (nSPS) is 15.4. The Kier molecular flexibility index (Phi) is 6.13. The number of rotatable bonds is 5. The number of piperidine rings is 1. The van der Waals surface area contributed by atoms with Gasteiger partial charge < -0.3 is 4.90 Å². The second kappa shape index (κ2) is 9.22. The minimum Gasteiger partial charge on any atom is -0.354 e. The van der Waals surface area contributed by atoms with Crippen molar-refractivity contribution >= 4 is 40.2 Å². The lowest BCUT2D eigenvalue weighted by Gasteiger charge is -2.38. The van der Waals surface area contributed by atoms with Crippen LogP contribution < -0.4 is 10.2 Å². The van der Waals surface area contributed by atoms with Gasteiger partial charge in [-0.25, -0.2) is 15.0 Å². The summed E-state index contributed by atoms with van der Waals surface area (Å²) in [6, 6.07) is 17.7. The molecule has 4 aromatic rings. The number of nitrogens with one attached hydrogen (secondary N) is 1. The number of anilines is 1. The maximum absolute atomic E-state index is 9.74. The van der Waals surface area contributed by atoms with Crippen molar-refractivity contribution in [3.8, 4) is 23.1 Å². The van der Waals surface area contributed by atoms with Crippen molar-refractivity contribution < 1.29 is 0 Å². The summed E-state index contributed by atoms with van der Waals surface area (Å²) in [5.74, 6) is 1.44. The van der Waals surface area contributed by atoms with E-state index in [2.05, 4.69) is 26.3 Å². The zero-order valence-electron chi connectivity index (χ0n) is 18.7. The lowest BCUT2D eigenvalue weighted by molar-refractivity contribution is 0.338. The number of hydrogen-bond donors (Lipinski definition) is 1. The van der Waals surface area contributed by atoms with Crippen molar-refractivity contribution in [2.75, 3.05) is 24.5 Å². The molecule has 0 amide bonds. The zero-order chi connectivity index (χ0) is 23.7. The van der Waals surface area contributed by atoms with Crippen molar-refractivity contribution in [3.05, 3.63) is 64.9 Å². The van der Waals surface area contributed by atoms with Crippen LogP contribution in [0.2, 0.25) is 10.0 Å². The van der Waals surface area contributed by atoms with Crippen LogP contribution in [0, 0.1) is 11.3 Å². The van der Waals surface area contributed by atoms with Gasteiger partial charge in [-0.2, -0.15) is 5.26 Å². The Labute approximate surface area is 208 Å². The van der Waals surface area contributed by atoms with E-state index in [1.165, 1.54) is 0 Å². The first-order chi connectivity index (χ1) is 16.5. The molecule has 3 heterocycles. The van der Waals surface area contributed by atoms with E-state index >= 15 is 0 Å². The molecule has 9 heteroatoms. The van der Waals surface area contributed by atoms with E-state index in [4.69, 9.17) is 28.2 Å². The van der Waals surface area contributed by atoms with Gasteiger partial charge in [0.25, 0.3) is 0 Å². The first kappa shape index (κ1) is 22.6. The Morgan fingerprint density at radius 3 is 2.47 bits per heavy atom. The van der Waals surface area contributed by atoms with E-state index in [9.17, 15) is 5.26 Å². The van der Waals surface area contributed by atoms with Gasteiger partial charge in [-0.1, -0.05) is 42.3 Å². The summed E-state index contributed by atoms with van der Waals surface area (Å²) in [5, 5.41) is 14.4. The second-order valence-corrected chi connectivity index (χ2v) is 9.15. The summed E-state index contributed by atoms with van der Waals surface area (Å²) in [4.78, 5) is 16.4. The Morgan fingerprint density at radius 2 is 1.79 bits per heavy atom. The van der Waals surface area contributed by atoms with Gasteiger partial charge in [-0.05, 0) is 55.8 Å². The van der Waals surface area contributed by atoms with Crippen LogP contribution in [0.1, 0.15) is 19.8 Å². The van der Waals surface area contributed by atoms with Crippen LogP contribution in [0.25, 0.3) is 28.2 Å². The Hall–Kier alpha value is -3.18. The molecule has 2 aromatic carbocycles. The van der Waals surface area contributed by atoms with Gasteiger partial charge >= 0.3 is 0 Å². The molecule has 7 nitrogen and oxygen atoms in total. The van der Waals surface area contributed by atoms with Gasteiger partial charge in [0, 0.05) is 29.4 Å². The zero-order valence-corrected chi connectivity index (χ0v) is 20.2. The van der Waals surface area contributed by atoms with Crippen molar-refractivity contribution in [3.63, 3.8) is 0 Å². The molecule has 1 aliphatic rings. The average Bonchev–Trinajstić information content (AvgIpc) is 3.25. The molecule has 0 atom stereocenters. The van der Waals surface area contributed by atoms with Crippen LogP contribution in [0.3, 0.4) is 0 Å². The highest BCUT2D eigenvalue weighted by Gasteiger charge is 2.35. The van der Waals surface area contributed by atoms with E-state index in [-0.39, 0.29) is 0 Å². The molecule has 0 spiro atoms. The van der Waals surface area contributed by atoms with E-state index in [1.807, 2.05) is 60.0 Å². The van der Waals surface area contributed by atoms with Crippen molar-refractivity contribution in [2.24, 2.45) is 0 Å². The Morgan fingerprint density at radius 1 is 1.06 bits per heavy atom. The quantitative estimate of drug-likeness (QED) is 0.409. The van der Waals surface area contributed by atoms with Crippen LogP contribution in [-0.4, -0.2) is 44.7 Å². The van der Waals surface area contributed by atoms with E-state index in [0.29, 0.717) is 53.0 Å². The maximum atomic E-state index is 9.74. The van der Waals surface area contributed by atoms with Gasteiger partial charge in [0.15, 0.2) is 17.0 Å². The summed E-state index contributed by atoms with van der Waals surface area (Å²) < 4.78 is 1.99. The summed E-state index contributed by atoms with van der Waals surface area (Å²) in [5.41, 5.74) is 2.56. The Bertz CT molecular complexity index is 1370. The number of benzene rings is 2. The molecule has 1 saturated heterocycles. The molecule has 1 aliphatic heterocycles. The third kappa shape index (κ3) is 3.98. The largest absolute Gasteiger partial charge is 0.354 e. The molecule has 0 unspecified atom stereocenters. The van der Waals surface area contributed by atoms with E-state index < -0.39 is 5.54 Å². The lowest BCUT2D eigenvalue weighted by Crippen LogP contribution is -2.52. The molecule has 172 valence electrons. The fraction of sp³-hybridized carbons (Fsp3) is 0.280. The average molecular weight is 492 g/mol. The number of fused-ring (bicyclic) bond motifs is 1. The highest BCUT2D eigenvalue weighted by molar-refractivity contribution is 6.33. The third-order valence-electron chi connectivity index (χ3n) is 6.27. The molecule has 1 N–H and O–H groups in total. The smallest absolute Gasteiger partial charge is 0.170 e. The van der Waals surface area contributed by atoms with Crippen LogP contribution >= 0.6 is 23.2 Å². The highest BCUT2D eigenvalue weighted by atomic mass is 35.5. The summed E-state index contributed by atoms with van der Waals surface area (Å²) in [6.45, 7) is 4.18. The predicted molar refractivity (Wildman–Crippen MR) is 136 cm³/mol. The summed E-state index contributed by atoms with van der Waals surface area (Å²) in [7, 11) is 0. The first-order valence-electron chi connectivity index (χ1n) is 11.2. The number of halogens is 2. The van der Waals surface area contributed by atoms with Gasteiger partial charge in [0.2, 0.25) is 0 Å². The van der Waals surface area contributed by atoms with E-state index in [0.717, 1.165) is 23.6 Å². The van der Waals surface area contributed by atoms with Gasteiger partial charge in [0.1, 0.15) is 17.7 Å². The number of nitriles is 1. The fourth-order valence-electron chi connectivity index (χ4n) is 4.54. The number of aromatic nitrogens is 4. The number of nitrogens with zero attached hydrogens (tertiary/aromatic N) is 6. The van der Waals surface area contributed by atoms with Gasteiger partial charge in [0.05, 0.1) is 11.1 Å². The molecule has 0 radical (unpaired) electrons. The van der Waals surface area contributed by atoms with Crippen LogP contribution in [0.5, 0.6) is 0 Å². The van der Waals surface area contributed by atoms with Crippen LogP contribution in [0.15, 0.2) is 54.9 Å². The molecule has 0 saturated carbocycles. The first-order valence-corrected chi connectivity index (χ1v) is 12.0. The van der Waals surface area contributed by atoms with Crippen LogP contribution in [0.4, 0.5) is 5.82 Å². The van der Waals surface area contributed by atoms with Crippen molar-refractivity contribution in [2.45, 2.75) is 25.3 Å². The number of imidazole rings is 1. The minimum atomic E-state index is -0.497. The molecule has 0 aliphatic carbocycles. The molecule has 34 heavy (non-hydrogen) atoms.